The summed E-state index contributed by atoms with van der Waals surface area (Å²) in [5.74, 6) is 2.80. The number of rotatable bonds is 5. The Hall–Kier alpha value is -1.44. The lowest BCUT2D eigenvalue weighted by molar-refractivity contribution is 0.0398. The van der Waals surface area contributed by atoms with E-state index < -0.39 is 0 Å². The van der Waals surface area contributed by atoms with Gasteiger partial charge in [-0.1, -0.05) is 0 Å². The number of anilines is 2. The SMILES string of the molecule is Cc1nc(NCCN2CCOCC2)cc(N2CCN(C)CC2)n1. The van der Waals surface area contributed by atoms with Gasteiger partial charge in [0.05, 0.1) is 13.2 Å². The Labute approximate surface area is 138 Å². The molecule has 2 aliphatic rings. The molecule has 128 valence electrons. The number of nitrogens with zero attached hydrogens (tertiary/aromatic N) is 5. The molecule has 1 N–H and O–H groups in total. The van der Waals surface area contributed by atoms with Gasteiger partial charge >= 0.3 is 0 Å². The first-order valence-corrected chi connectivity index (χ1v) is 8.54. The van der Waals surface area contributed by atoms with Crippen LogP contribution >= 0.6 is 0 Å². The molecule has 2 saturated heterocycles. The first-order chi connectivity index (χ1) is 11.2. The first kappa shape index (κ1) is 16.4. The smallest absolute Gasteiger partial charge is 0.134 e. The molecule has 1 aromatic heterocycles. The van der Waals surface area contributed by atoms with Gasteiger partial charge in [-0.15, -0.1) is 0 Å². The highest BCUT2D eigenvalue weighted by molar-refractivity contribution is 5.49. The number of morpholine rings is 1. The molecule has 0 spiro atoms. The molecule has 23 heavy (non-hydrogen) atoms. The van der Waals surface area contributed by atoms with Crippen molar-refractivity contribution in [2.24, 2.45) is 0 Å². The second-order valence-electron chi connectivity index (χ2n) is 6.33. The van der Waals surface area contributed by atoms with Crippen LogP contribution in [0.5, 0.6) is 0 Å². The summed E-state index contributed by atoms with van der Waals surface area (Å²) < 4.78 is 5.38. The minimum Gasteiger partial charge on any atom is -0.379 e. The van der Waals surface area contributed by atoms with Crippen molar-refractivity contribution in [3.05, 3.63) is 11.9 Å². The monoisotopic (exact) mass is 320 g/mol. The summed E-state index contributed by atoms with van der Waals surface area (Å²) in [6.45, 7) is 11.9. The van der Waals surface area contributed by atoms with Gasteiger partial charge in [0.2, 0.25) is 0 Å². The lowest BCUT2D eigenvalue weighted by atomic mass is 10.3. The molecule has 0 aliphatic carbocycles. The van der Waals surface area contributed by atoms with Crippen LogP contribution in [-0.4, -0.2) is 92.4 Å². The van der Waals surface area contributed by atoms with Crippen molar-refractivity contribution in [2.75, 3.05) is 82.8 Å². The molecule has 7 nitrogen and oxygen atoms in total. The molecule has 3 heterocycles. The van der Waals surface area contributed by atoms with E-state index in [1.165, 1.54) is 0 Å². The topological polar surface area (TPSA) is 56.8 Å². The molecule has 2 fully saturated rings. The van der Waals surface area contributed by atoms with Gasteiger partial charge in [-0.3, -0.25) is 4.90 Å². The number of hydrogen-bond acceptors (Lipinski definition) is 7. The third-order valence-corrected chi connectivity index (χ3v) is 4.49. The van der Waals surface area contributed by atoms with Crippen LogP contribution < -0.4 is 10.2 Å². The zero-order valence-corrected chi connectivity index (χ0v) is 14.3. The molecule has 0 unspecified atom stereocenters. The van der Waals surface area contributed by atoms with Crippen LogP contribution in [0.4, 0.5) is 11.6 Å². The van der Waals surface area contributed by atoms with Gasteiger partial charge in [-0.2, -0.15) is 0 Å². The lowest BCUT2D eigenvalue weighted by Gasteiger charge is -2.33. The summed E-state index contributed by atoms with van der Waals surface area (Å²) in [6.07, 6.45) is 0. The van der Waals surface area contributed by atoms with E-state index >= 15 is 0 Å². The van der Waals surface area contributed by atoms with E-state index in [9.17, 15) is 0 Å². The first-order valence-electron chi connectivity index (χ1n) is 8.54. The Morgan fingerprint density at radius 3 is 2.57 bits per heavy atom. The minimum atomic E-state index is 0.829. The number of hydrogen-bond donors (Lipinski definition) is 1. The van der Waals surface area contributed by atoms with Crippen molar-refractivity contribution in [1.82, 2.24) is 19.8 Å². The predicted molar refractivity (Wildman–Crippen MR) is 92.2 cm³/mol. The lowest BCUT2D eigenvalue weighted by Crippen LogP contribution is -2.44. The summed E-state index contributed by atoms with van der Waals surface area (Å²) in [6, 6.07) is 2.08. The van der Waals surface area contributed by atoms with Gasteiger partial charge in [0, 0.05) is 58.4 Å². The molecule has 1 aromatic rings. The normalized spacial score (nSPS) is 20.7. The number of ether oxygens (including phenoxy) is 1. The molecule has 3 rings (SSSR count). The van der Waals surface area contributed by atoms with Crippen molar-refractivity contribution in [3.8, 4) is 0 Å². The van der Waals surface area contributed by atoms with Crippen LogP contribution in [0, 0.1) is 6.92 Å². The number of aromatic nitrogens is 2. The molecule has 0 amide bonds. The zero-order valence-electron chi connectivity index (χ0n) is 14.3. The highest BCUT2D eigenvalue weighted by Gasteiger charge is 2.16. The summed E-state index contributed by atoms with van der Waals surface area (Å²) in [4.78, 5) is 16.3. The second kappa shape index (κ2) is 7.90. The van der Waals surface area contributed by atoms with Crippen LogP contribution in [0.1, 0.15) is 5.82 Å². The molecule has 0 bridgehead atoms. The van der Waals surface area contributed by atoms with E-state index in [4.69, 9.17) is 4.74 Å². The van der Waals surface area contributed by atoms with E-state index in [1.807, 2.05) is 6.92 Å². The Morgan fingerprint density at radius 2 is 1.83 bits per heavy atom. The molecule has 0 atom stereocenters. The summed E-state index contributed by atoms with van der Waals surface area (Å²) in [5, 5.41) is 3.45. The van der Waals surface area contributed by atoms with Gasteiger partial charge in [-0.25, -0.2) is 9.97 Å². The third kappa shape index (κ3) is 4.76. The second-order valence-corrected chi connectivity index (χ2v) is 6.33. The number of piperazine rings is 1. The molecule has 7 heteroatoms. The average molecular weight is 320 g/mol. The molecule has 2 aliphatic heterocycles. The largest absolute Gasteiger partial charge is 0.379 e. The van der Waals surface area contributed by atoms with Crippen molar-refractivity contribution in [1.29, 1.82) is 0 Å². The van der Waals surface area contributed by atoms with Crippen molar-refractivity contribution < 1.29 is 4.74 Å². The zero-order chi connectivity index (χ0) is 16.1. The molecule has 0 radical (unpaired) electrons. The Bertz CT molecular complexity index is 497. The van der Waals surface area contributed by atoms with E-state index in [0.717, 1.165) is 83.0 Å². The summed E-state index contributed by atoms with van der Waals surface area (Å²) in [5.41, 5.74) is 0. The van der Waals surface area contributed by atoms with E-state index in [2.05, 4.69) is 43.1 Å². The highest BCUT2D eigenvalue weighted by Crippen LogP contribution is 2.17. The average Bonchev–Trinajstić information content (AvgIpc) is 2.56. The Balaban J connectivity index is 1.54. The Kier molecular flexibility index (Phi) is 5.64. The minimum absolute atomic E-state index is 0.829. The van der Waals surface area contributed by atoms with E-state index in [1.54, 1.807) is 0 Å². The van der Waals surface area contributed by atoms with Crippen LogP contribution in [0.3, 0.4) is 0 Å². The molecule has 0 aromatic carbocycles. The third-order valence-electron chi connectivity index (χ3n) is 4.49. The van der Waals surface area contributed by atoms with Gasteiger partial charge in [0.15, 0.2) is 0 Å². The van der Waals surface area contributed by atoms with Crippen LogP contribution in [0.15, 0.2) is 6.07 Å². The van der Waals surface area contributed by atoms with Crippen LogP contribution in [-0.2, 0) is 4.74 Å². The fourth-order valence-corrected chi connectivity index (χ4v) is 3.01. The molecule has 0 saturated carbocycles. The summed E-state index contributed by atoms with van der Waals surface area (Å²) in [7, 11) is 2.17. The fraction of sp³-hybridized carbons (Fsp3) is 0.750. The number of likely N-dealkylation sites (N-methyl/N-ethyl adjacent to an activating group) is 1. The molecular formula is C16H28N6O. The van der Waals surface area contributed by atoms with Gasteiger partial charge in [0.1, 0.15) is 17.5 Å². The number of aryl methyl sites for hydroxylation is 1. The fourth-order valence-electron chi connectivity index (χ4n) is 3.01. The van der Waals surface area contributed by atoms with Gasteiger partial charge in [-0.05, 0) is 14.0 Å². The molecular weight excluding hydrogens is 292 g/mol. The maximum Gasteiger partial charge on any atom is 0.134 e. The van der Waals surface area contributed by atoms with Crippen LogP contribution in [0.25, 0.3) is 0 Å². The van der Waals surface area contributed by atoms with E-state index in [-0.39, 0.29) is 0 Å². The van der Waals surface area contributed by atoms with Crippen molar-refractivity contribution >= 4 is 11.6 Å². The van der Waals surface area contributed by atoms with E-state index in [0.29, 0.717) is 0 Å². The quantitative estimate of drug-likeness (QED) is 0.836. The Morgan fingerprint density at radius 1 is 1.09 bits per heavy atom. The number of nitrogens with one attached hydrogen (secondary N) is 1. The predicted octanol–water partition coefficient (Wildman–Crippen LogP) is 0.281. The highest BCUT2D eigenvalue weighted by atomic mass is 16.5. The maximum atomic E-state index is 5.38. The van der Waals surface area contributed by atoms with Crippen LogP contribution in [0.2, 0.25) is 0 Å². The van der Waals surface area contributed by atoms with Crippen molar-refractivity contribution in [2.45, 2.75) is 6.92 Å². The van der Waals surface area contributed by atoms with Gasteiger partial charge < -0.3 is 19.9 Å². The van der Waals surface area contributed by atoms with Gasteiger partial charge in [0.25, 0.3) is 0 Å². The maximum absolute atomic E-state index is 5.38. The van der Waals surface area contributed by atoms with Crippen molar-refractivity contribution in [3.63, 3.8) is 0 Å². The summed E-state index contributed by atoms with van der Waals surface area (Å²) >= 11 is 0. The standard InChI is InChI=1S/C16H28N6O/c1-14-18-15(17-3-4-21-9-11-23-12-10-21)13-16(19-14)22-7-5-20(2)6-8-22/h13H,3-12H2,1-2H3,(H,17,18,19).